The number of carbonyl (C=O) groups is 1. The van der Waals surface area contributed by atoms with Crippen LogP contribution in [0.25, 0.3) is 0 Å². The molecular formula is C47H87NO12S. The van der Waals surface area contributed by atoms with Gasteiger partial charge in [-0.05, 0) is 44.9 Å². The van der Waals surface area contributed by atoms with Crippen LogP contribution < -0.4 is 5.32 Å². The van der Waals surface area contributed by atoms with Gasteiger partial charge in [-0.1, -0.05) is 185 Å². The van der Waals surface area contributed by atoms with Crippen molar-refractivity contribution in [2.45, 2.75) is 243 Å². The highest BCUT2D eigenvalue weighted by molar-refractivity contribution is 7.80. The second kappa shape index (κ2) is 37.6. The van der Waals surface area contributed by atoms with Gasteiger partial charge < -0.3 is 40.3 Å². The number of ether oxygens (including phenoxy) is 2. The van der Waals surface area contributed by atoms with Gasteiger partial charge in [-0.25, -0.2) is 4.18 Å². The molecule has 8 atom stereocenters. The van der Waals surface area contributed by atoms with E-state index in [0.717, 1.165) is 44.9 Å². The number of nitrogens with one attached hydrogen (secondary N) is 1. The second-order valence-electron chi connectivity index (χ2n) is 16.8. The van der Waals surface area contributed by atoms with Crippen LogP contribution in [0.2, 0.25) is 0 Å². The van der Waals surface area contributed by atoms with Crippen molar-refractivity contribution in [3.05, 3.63) is 36.5 Å². The topological polar surface area (TPSA) is 212 Å². The van der Waals surface area contributed by atoms with E-state index in [-0.39, 0.29) is 6.42 Å². The molecule has 1 saturated heterocycles. The largest absolute Gasteiger partial charge is 0.397 e. The zero-order valence-electron chi connectivity index (χ0n) is 37.8. The summed E-state index contributed by atoms with van der Waals surface area (Å²) in [7, 11) is -5.12. The minimum Gasteiger partial charge on any atom is -0.394 e. The molecule has 13 nitrogen and oxygen atoms in total. The molecule has 0 radical (unpaired) electrons. The fourth-order valence-electron chi connectivity index (χ4n) is 7.43. The zero-order valence-corrected chi connectivity index (χ0v) is 38.7. The summed E-state index contributed by atoms with van der Waals surface area (Å²) < 4.78 is 47.5. The van der Waals surface area contributed by atoms with Crippen LogP contribution in [-0.2, 0) is 28.9 Å². The molecule has 61 heavy (non-hydrogen) atoms. The van der Waals surface area contributed by atoms with Crippen LogP contribution in [-0.4, -0.2) is 107 Å². The Kier molecular flexibility index (Phi) is 35.4. The van der Waals surface area contributed by atoms with Gasteiger partial charge in [0.25, 0.3) is 0 Å². The molecule has 1 fully saturated rings. The first kappa shape index (κ1) is 57.3. The maximum atomic E-state index is 13.1. The Hall–Kier alpha value is -1.72. The van der Waals surface area contributed by atoms with Gasteiger partial charge in [-0.2, -0.15) is 8.42 Å². The zero-order chi connectivity index (χ0) is 45.0. The van der Waals surface area contributed by atoms with Crippen molar-refractivity contribution in [3.63, 3.8) is 0 Å². The predicted octanol–water partition coefficient (Wildman–Crippen LogP) is 8.47. The highest BCUT2D eigenvalue weighted by Gasteiger charge is 2.48. The van der Waals surface area contributed by atoms with Crippen LogP contribution in [0.5, 0.6) is 0 Å². The van der Waals surface area contributed by atoms with Crippen molar-refractivity contribution in [2.75, 3.05) is 13.2 Å². The SMILES string of the molecule is CCCCCCCCC/C=C/CC/C=C/CC/C=C/C(O)C(COC1OC(CO)C(O)C(OS(=O)(=O)O)C1O)NC(=O)C(O)CCCCCCCCCCCCCCCCC. The number of rotatable bonds is 40. The number of aliphatic hydroxyl groups excluding tert-OH is 5. The Morgan fingerprint density at radius 2 is 1.10 bits per heavy atom. The van der Waals surface area contributed by atoms with Gasteiger partial charge in [0.1, 0.15) is 30.5 Å². The summed E-state index contributed by atoms with van der Waals surface area (Å²) in [6.45, 7) is 3.19. The number of carbonyl (C=O) groups excluding carboxylic acids is 1. The Morgan fingerprint density at radius 3 is 1.57 bits per heavy atom. The average molecular weight is 890 g/mol. The lowest BCUT2D eigenvalue weighted by Crippen LogP contribution is -2.61. The van der Waals surface area contributed by atoms with E-state index >= 15 is 0 Å². The first-order chi connectivity index (χ1) is 29.4. The van der Waals surface area contributed by atoms with E-state index < -0.39 is 78.5 Å². The fourth-order valence-corrected chi connectivity index (χ4v) is 7.94. The van der Waals surface area contributed by atoms with E-state index in [1.165, 1.54) is 122 Å². The predicted molar refractivity (Wildman–Crippen MR) is 242 cm³/mol. The lowest BCUT2D eigenvalue weighted by Gasteiger charge is -2.41. The molecule has 358 valence electrons. The molecule has 1 aliphatic heterocycles. The van der Waals surface area contributed by atoms with Gasteiger partial charge in [0.15, 0.2) is 6.29 Å². The summed E-state index contributed by atoms with van der Waals surface area (Å²) in [4.78, 5) is 13.1. The van der Waals surface area contributed by atoms with Gasteiger partial charge >= 0.3 is 10.4 Å². The molecule has 0 aromatic carbocycles. The summed E-state index contributed by atoms with van der Waals surface area (Å²) in [5.41, 5.74) is 0. The summed E-state index contributed by atoms with van der Waals surface area (Å²) in [5, 5.41) is 55.2. The minimum atomic E-state index is -5.12. The van der Waals surface area contributed by atoms with Crippen molar-refractivity contribution >= 4 is 16.3 Å². The third-order valence-corrected chi connectivity index (χ3v) is 11.7. The van der Waals surface area contributed by atoms with Crippen molar-refractivity contribution in [2.24, 2.45) is 0 Å². The molecule has 1 amide bonds. The summed E-state index contributed by atoms with van der Waals surface area (Å²) in [6, 6.07) is -1.14. The van der Waals surface area contributed by atoms with Crippen molar-refractivity contribution in [3.8, 4) is 0 Å². The van der Waals surface area contributed by atoms with Crippen molar-refractivity contribution in [1.82, 2.24) is 5.32 Å². The molecule has 0 bridgehead atoms. The molecule has 1 aliphatic rings. The molecule has 0 spiro atoms. The Labute approximate surface area is 369 Å². The summed E-state index contributed by atoms with van der Waals surface area (Å²) in [5.74, 6) is -0.716. The van der Waals surface area contributed by atoms with Crippen LogP contribution in [0.3, 0.4) is 0 Å². The first-order valence-electron chi connectivity index (χ1n) is 24.0. The number of unbranched alkanes of at least 4 members (excludes halogenated alkanes) is 23. The Morgan fingerprint density at radius 1 is 0.656 bits per heavy atom. The summed E-state index contributed by atoms with van der Waals surface area (Å²) >= 11 is 0. The van der Waals surface area contributed by atoms with Gasteiger partial charge in [0, 0.05) is 0 Å². The molecule has 0 aromatic rings. The van der Waals surface area contributed by atoms with E-state index in [0.29, 0.717) is 12.8 Å². The highest BCUT2D eigenvalue weighted by Crippen LogP contribution is 2.26. The smallest absolute Gasteiger partial charge is 0.394 e. The Balaban J connectivity index is 2.61. The van der Waals surface area contributed by atoms with Crippen LogP contribution >= 0.6 is 0 Å². The monoisotopic (exact) mass is 890 g/mol. The molecule has 1 rings (SSSR count). The standard InChI is InChI=1S/C47H87NO12S/c1-3-5-7-9-11-13-15-17-19-20-22-23-25-27-29-31-33-35-40(50)39(38-58-47-44(53)45(60-61(55,56)57)43(52)42(37-49)59-47)48-46(54)41(51)36-34-32-30-28-26-24-21-18-16-14-12-10-8-6-4-2/h19-20,25,27,33,35,39-45,47,49-53H,3-18,21-24,26,28-32,34,36-38H2,1-2H3,(H,48,54)(H,55,56,57)/b20-19+,27-25+,35-33+. The molecule has 14 heteroatoms. The van der Waals surface area contributed by atoms with Crippen LogP contribution in [0.4, 0.5) is 0 Å². The van der Waals surface area contributed by atoms with Gasteiger partial charge in [0.2, 0.25) is 5.91 Å². The normalized spacial score (nSPS) is 21.5. The number of hydrogen-bond donors (Lipinski definition) is 7. The van der Waals surface area contributed by atoms with Crippen LogP contribution in [0, 0.1) is 0 Å². The number of allylic oxidation sites excluding steroid dienone is 5. The van der Waals surface area contributed by atoms with Crippen LogP contribution in [0.1, 0.15) is 194 Å². The molecule has 8 unspecified atom stereocenters. The second-order valence-corrected chi connectivity index (χ2v) is 17.9. The molecule has 7 N–H and O–H groups in total. The maximum absolute atomic E-state index is 13.1. The van der Waals surface area contributed by atoms with E-state index in [9.17, 15) is 43.3 Å². The Bertz CT molecular complexity index is 1250. The lowest BCUT2D eigenvalue weighted by atomic mass is 9.99. The quantitative estimate of drug-likeness (QED) is 0.0175. The molecule has 0 saturated carbocycles. The van der Waals surface area contributed by atoms with E-state index in [1.54, 1.807) is 6.08 Å². The van der Waals surface area contributed by atoms with Crippen molar-refractivity contribution < 1.29 is 57.0 Å². The average Bonchev–Trinajstić information content (AvgIpc) is 3.23. The molecule has 0 aromatic heterocycles. The third kappa shape index (κ3) is 30.1. The molecular weight excluding hydrogens is 803 g/mol. The number of aliphatic hydroxyl groups is 5. The minimum absolute atomic E-state index is 0.236. The van der Waals surface area contributed by atoms with E-state index in [4.69, 9.17) is 9.47 Å². The number of amides is 1. The lowest BCUT2D eigenvalue weighted by molar-refractivity contribution is -0.298. The van der Waals surface area contributed by atoms with Crippen LogP contribution in [0.15, 0.2) is 36.5 Å². The highest BCUT2D eigenvalue weighted by atomic mass is 32.3. The van der Waals surface area contributed by atoms with E-state index in [1.807, 2.05) is 0 Å². The van der Waals surface area contributed by atoms with Gasteiger partial charge in [-0.15, -0.1) is 0 Å². The maximum Gasteiger partial charge on any atom is 0.397 e. The van der Waals surface area contributed by atoms with Gasteiger partial charge in [0.05, 0.1) is 25.4 Å². The fraction of sp³-hybridized carbons (Fsp3) is 0.851. The molecule has 0 aliphatic carbocycles. The summed E-state index contributed by atoms with van der Waals surface area (Å²) in [6.07, 6.45) is 32.2. The van der Waals surface area contributed by atoms with Crippen molar-refractivity contribution in [1.29, 1.82) is 0 Å². The first-order valence-corrected chi connectivity index (χ1v) is 25.3. The third-order valence-electron chi connectivity index (χ3n) is 11.3. The van der Waals surface area contributed by atoms with Gasteiger partial charge in [-0.3, -0.25) is 9.35 Å². The number of hydrogen-bond acceptors (Lipinski definition) is 11. The molecule has 1 heterocycles. The van der Waals surface area contributed by atoms with E-state index in [2.05, 4.69) is 47.7 Å².